The van der Waals surface area contributed by atoms with Gasteiger partial charge in [0.1, 0.15) is 30.5 Å². The summed E-state index contributed by atoms with van der Waals surface area (Å²) in [6, 6.07) is 9.52. The molecule has 0 aliphatic carbocycles. The fourth-order valence-corrected chi connectivity index (χ4v) is 10.4. The van der Waals surface area contributed by atoms with Crippen molar-refractivity contribution in [1.82, 2.24) is 9.80 Å². The number of likely N-dealkylation sites (N-methyl/N-ethyl adjacent to an activating group) is 1. The van der Waals surface area contributed by atoms with E-state index in [4.69, 9.17) is 52.1 Å². The smallest absolute Gasteiger partial charge is 0.309 e. The van der Waals surface area contributed by atoms with Crippen LogP contribution in [-0.4, -0.2) is 191 Å². The Bertz CT molecular complexity index is 1790. The van der Waals surface area contributed by atoms with Gasteiger partial charge in [-0.15, -0.1) is 0 Å². The number of aliphatic hydroxyl groups is 2. The molecule has 2 N–H and O–H groups in total. The second-order valence-corrected chi connectivity index (χ2v) is 20.3. The molecule has 3 saturated heterocycles. The first-order valence-corrected chi connectivity index (χ1v) is 25.9. The molecule has 72 heavy (non-hydrogen) atoms. The maximum Gasteiger partial charge on any atom is 0.309 e. The van der Waals surface area contributed by atoms with Crippen LogP contribution in [0.1, 0.15) is 119 Å². The molecule has 412 valence electrons. The summed E-state index contributed by atoms with van der Waals surface area (Å²) in [5.74, 6) is -3.18. The molecule has 0 aromatic heterocycles. The highest BCUT2D eigenvalue weighted by Gasteiger charge is 2.54. The Morgan fingerprint density at radius 1 is 0.889 bits per heavy atom. The van der Waals surface area contributed by atoms with Crippen LogP contribution >= 0.6 is 0 Å². The van der Waals surface area contributed by atoms with Gasteiger partial charge in [0.15, 0.2) is 30.6 Å². The number of β-amino-alcohol motifs (C(OH)–C–C–N with tert-alkyl or cyclic N) is 1. The molecule has 0 saturated carbocycles. The Hall–Kier alpha value is -3.34. The molecule has 19 nitrogen and oxygen atoms in total. The molecular weight excluding hydrogens is 937 g/mol. The molecule has 3 heterocycles. The third-order valence-electron chi connectivity index (χ3n) is 14.2. The number of methoxy groups -OCH3 is 3. The van der Waals surface area contributed by atoms with Crippen LogP contribution in [0.25, 0.3) is 0 Å². The maximum absolute atomic E-state index is 13.9. The van der Waals surface area contributed by atoms with Gasteiger partial charge in [-0.1, -0.05) is 51.1 Å². The summed E-state index contributed by atoms with van der Waals surface area (Å²) in [4.78, 5) is 56.0. The average Bonchev–Trinajstić information content (AvgIpc) is 3.32. The van der Waals surface area contributed by atoms with Crippen LogP contribution in [0.5, 0.6) is 0 Å². The lowest BCUT2D eigenvalue weighted by atomic mass is 9.82. The number of esters is 4. The topological polar surface area (TPSA) is 217 Å². The molecule has 0 spiro atoms. The number of rotatable bonds is 20. The highest BCUT2D eigenvalue weighted by atomic mass is 16.7. The molecule has 0 radical (unpaired) electrons. The molecule has 3 aliphatic heterocycles. The van der Waals surface area contributed by atoms with Gasteiger partial charge in [-0.05, 0) is 97.8 Å². The van der Waals surface area contributed by atoms with E-state index in [9.17, 15) is 29.4 Å². The molecule has 1 aromatic carbocycles. The zero-order chi connectivity index (χ0) is 53.3. The van der Waals surface area contributed by atoms with Gasteiger partial charge in [-0.25, -0.2) is 0 Å². The molecule has 16 atom stereocenters. The number of unbranched alkanes of at least 4 members (excludes halogenated alkanes) is 1. The number of aryl methyl sites for hydroxylation is 1. The summed E-state index contributed by atoms with van der Waals surface area (Å²) in [6.45, 7) is 15.2. The van der Waals surface area contributed by atoms with Gasteiger partial charge < -0.3 is 72.1 Å². The minimum atomic E-state index is -1.41. The van der Waals surface area contributed by atoms with Crippen molar-refractivity contribution in [3.8, 4) is 0 Å². The fraction of sp³-hybridized carbons (Fsp3) is 0.811. The van der Waals surface area contributed by atoms with Crippen LogP contribution < -0.4 is 0 Å². The zero-order valence-corrected chi connectivity index (χ0v) is 45.2. The zero-order valence-electron chi connectivity index (χ0n) is 45.2. The summed E-state index contributed by atoms with van der Waals surface area (Å²) < 4.78 is 67.9. The summed E-state index contributed by atoms with van der Waals surface area (Å²) in [5, 5.41) is 24.6. The molecule has 4 rings (SSSR count). The molecule has 3 fully saturated rings. The fourth-order valence-electron chi connectivity index (χ4n) is 10.4. The van der Waals surface area contributed by atoms with Gasteiger partial charge in [-0.2, -0.15) is 0 Å². The van der Waals surface area contributed by atoms with E-state index in [-0.39, 0.29) is 38.0 Å². The van der Waals surface area contributed by atoms with Crippen LogP contribution in [0.3, 0.4) is 0 Å². The first kappa shape index (κ1) is 61.2. The quantitative estimate of drug-likeness (QED) is 0.0763. The number of aliphatic hydroxyl groups excluding tert-OH is 2. The van der Waals surface area contributed by atoms with Crippen molar-refractivity contribution in [2.75, 3.05) is 55.1 Å². The summed E-state index contributed by atoms with van der Waals surface area (Å²) in [6.07, 6.45) is -9.07. The molecule has 0 bridgehead atoms. The van der Waals surface area contributed by atoms with E-state index in [0.29, 0.717) is 25.9 Å². The van der Waals surface area contributed by atoms with Gasteiger partial charge >= 0.3 is 23.9 Å². The lowest BCUT2D eigenvalue weighted by Crippen LogP contribution is -2.66. The summed E-state index contributed by atoms with van der Waals surface area (Å²) in [5.41, 5.74) is -0.0536. The summed E-state index contributed by atoms with van der Waals surface area (Å²) in [7, 11) is 8.02. The SMILES string of the molecule is CCC(=O)OC1C(C)OC(OC2C(C)OC(O[C@@H]3C(OC)[C@H](OC(=O)CC)CC(=O)O[C@H](C)CCN(CCCCc4ccccc4)C[C@H](O)[C@H](C)C[C@@H]3CC(OC)OC)C(O)C2N(C)C)CC1(C)OC(C)=O. The van der Waals surface area contributed by atoms with Crippen LogP contribution in [0, 0.1) is 11.8 Å². The number of ether oxygens (including phenoxy) is 11. The van der Waals surface area contributed by atoms with Crippen molar-refractivity contribution >= 4 is 23.9 Å². The van der Waals surface area contributed by atoms with Gasteiger partial charge in [-0.3, -0.25) is 19.2 Å². The normalized spacial score (nSPS) is 34.7. The number of hydrogen-bond donors (Lipinski definition) is 2. The largest absolute Gasteiger partial charge is 0.463 e. The third kappa shape index (κ3) is 17.9. The lowest BCUT2D eigenvalue weighted by Gasteiger charge is -2.51. The first-order chi connectivity index (χ1) is 34.2. The van der Waals surface area contributed by atoms with E-state index in [0.717, 1.165) is 25.8 Å². The van der Waals surface area contributed by atoms with E-state index in [1.807, 2.05) is 32.0 Å². The predicted molar refractivity (Wildman–Crippen MR) is 264 cm³/mol. The molecular formula is C53H88N2O17. The van der Waals surface area contributed by atoms with E-state index >= 15 is 0 Å². The van der Waals surface area contributed by atoms with Gasteiger partial charge in [0.25, 0.3) is 0 Å². The van der Waals surface area contributed by atoms with Crippen molar-refractivity contribution in [1.29, 1.82) is 0 Å². The van der Waals surface area contributed by atoms with E-state index in [1.165, 1.54) is 33.8 Å². The number of nitrogens with zero attached hydrogens (tertiary/aromatic N) is 2. The standard InChI is InChI=1S/C53H88N2O17/c1-14-41(58)68-40-29-43(60)65-33(4)24-26-55(25-20-19-23-37-21-17-16-18-22-37)31-39(57)32(3)27-38(28-44(62-11)63-12)49(50(40)64-13)71-52-47(61)46(54(9)10)48(34(5)67-52)70-45-30-53(8,72-36(7)56)51(35(6)66-45)69-42(59)15-2/h16-18,21-22,32-35,38-40,44-52,57,61H,14-15,19-20,23-31H2,1-13H3/t32-,33-,34?,35?,38-,39+,40-,45?,46?,47?,48?,49+,50?,51?,52?,53?/m1/s1. The molecule has 19 heteroatoms. The van der Waals surface area contributed by atoms with E-state index < -0.39 is 121 Å². The molecule has 0 amide bonds. The highest BCUT2D eigenvalue weighted by Crippen LogP contribution is 2.40. The third-order valence-corrected chi connectivity index (χ3v) is 14.2. The van der Waals surface area contributed by atoms with E-state index in [1.54, 1.807) is 53.6 Å². The van der Waals surface area contributed by atoms with Crippen molar-refractivity contribution in [2.24, 2.45) is 11.8 Å². The van der Waals surface area contributed by atoms with Gasteiger partial charge in [0.2, 0.25) is 0 Å². The van der Waals surface area contributed by atoms with Crippen molar-refractivity contribution in [2.45, 2.75) is 211 Å². The molecule has 10 unspecified atom stereocenters. The summed E-state index contributed by atoms with van der Waals surface area (Å²) >= 11 is 0. The maximum atomic E-state index is 13.9. The van der Waals surface area contributed by atoms with Gasteiger partial charge in [0.05, 0.1) is 36.9 Å². The van der Waals surface area contributed by atoms with Crippen molar-refractivity contribution in [3.05, 3.63) is 35.9 Å². The highest BCUT2D eigenvalue weighted by molar-refractivity contribution is 5.73. The van der Waals surface area contributed by atoms with Gasteiger partial charge in [0, 0.05) is 67.0 Å². The molecule has 1 aromatic rings. The Morgan fingerprint density at radius 3 is 2.17 bits per heavy atom. The minimum absolute atomic E-state index is 0.00739. The van der Waals surface area contributed by atoms with Crippen molar-refractivity contribution < 1.29 is 81.5 Å². The Balaban J connectivity index is 1.72. The van der Waals surface area contributed by atoms with Crippen molar-refractivity contribution in [3.63, 3.8) is 0 Å². The van der Waals surface area contributed by atoms with Crippen LogP contribution in [0.2, 0.25) is 0 Å². The number of carbonyl (C=O) groups is 4. The Kier molecular flexibility index (Phi) is 25.2. The average molecular weight is 1030 g/mol. The number of cyclic esters (lactones) is 1. The second kappa shape index (κ2) is 29.7. The van der Waals surface area contributed by atoms with Crippen LogP contribution in [0.4, 0.5) is 0 Å². The lowest BCUT2D eigenvalue weighted by molar-refractivity contribution is -0.345. The number of hydrogen-bond acceptors (Lipinski definition) is 19. The Morgan fingerprint density at radius 2 is 1.56 bits per heavy atom. The van der Waals surface area contributed by atoms with E-state index in [2.05, 4.69) is 17.0 Å². The minimum Gasteiger partial charge on any atom is -0.463 e. The monoisotopic (exact) mass is 1020 g/mol. The van der Waals surface area contributed by atoms with Crippen LogP contribution in [0.15, 0.2) is 30.3 Å². The molecule has 3 aliphatic rings. The predicted octanol–water partition coefficient (Wildman–Crippen LogP) is 4.97. The van der Waals surface area contributed by atoms with Crippen LogP contribution in [-0.2, 0) is 77.7 Å². The number of carbonyl (C=O) groups excluding carboxylic acids is 4. The number of benzene rings is 1. The first-order valence-electron chi connectivity index (χ1n) is 25.9. The Labute approximate surface area is 428 Å². The second-order valence-electron chi connectivity index (χ2n) is 20.3.